The predicted octanol–water partition coefficient (Wildman–Crippen LogP) is 3.46. The van der Waals surface area contributed by atoms with E-state index in [9.17, 15) is 30.8 Å². The Balaban J connectivity index is 0.000000559. The Labute approximate surface area is 229 Å². The van der Waals surface area contributed by atoms with Crippen LogP contribution in [0.4, 0.5) is 29.2 Å². The lowest BCUT2D eigenvalue weighted by Gasteiger charge is -2.36. The van der Waals surface area contributed by atoms with Crippen molar-refractivity contribution in [2.24, 2.45) is 0 Å². The van der Waals surface area contributed by atoms with Gasteiger partial charge in [-0.25, -0.2) is 27.6 Å². The maximum atomic E-state index is 14.4. The van der Waals surface area contributed by atoms with E-state index in [2.05, 4.69) is 34.0 Å². The van der Waals surface area contributed by atoms with E-state index < -0.39 is 33.8 Å². The summed E-state index contributed by atoms with van der Waals surface area (Å²) in [6.07, 6.45) is 1.93. The molecule has 220 valence electrons. The van der Waals surface area contributed by atoms with Gasteiger partial charge in [0.2, 0.25) is 11.9 Å². The smallest absolute Gasteiger partial charge is 0.475 e. The third kappa shape index (κ3) is 7.79. The van der Waals surface area contributed by atoms with Crippen molar-refractivity contribution in [1.82, 2.24) is 14.9 Å². The number of hydrogen-bond acceptors (Lipinski definition) is 8. The fraction of sp³-hybridized carbons (Fsp3) is 0.520. The summed E-state index contributed by atoms with van der Waals surface area (Å²) in [5.74, 6) is -2.37. The van der Waals surface area contributed by atoms with Crippen LogP contribution in [0.15, 0.2) is 35.5 Å². The van der Waals surface area contributed by atoms with E-state index in [1.165, 1.54) is 12.1 Å². The van der Waals surface area contributed by atoms with Crippen LogP contribution in [0.25, 0.3) is 0 Å². The first-order valence-corrected chi connectivity index (χ1v) is 14.4. The van der Waals surface area contributed by atoms with E-state index in [0.29, 0.717) is 18.9 Å². The molecular formula is C25H31F4N5O5S. The molecule has 3 heterocycles. The fourth-order valence-corrected chi connectivity index (χ4v) is 5.03. The van der Waals surface area contributed by atoms with Crippen molar-refractivity contribution >= 4 is 33.3 Å². The van der Waals surface area contributed by atoms with Gasteiger partial charge in [-0.2, -0.15) is 13.2 Å². The largest absolute Gasteiger partial charge is 0.490 e. The topological polar surface area (TPSA) is 133 Å². The molecule has 40 heavy (non-hydrogen) atoms. The van der Waals surface area contributed by atoms with Gasteiger partial charge in [-0.15, -0.1) is 0 Å². The fourth-order valence-electron chi connectivity index (χ4n) is 4.40. The molecule has 10 nitrogen and oxygen atoms in total. The number of carbonyl (C=O) groups is 2. The number of aromatic nitrogens is 2. The highest BCUT2D eigenvalue weighted by atomic mass is 32.2. The number of carboxylic acid groups (broad SMARTS) is 1. The minimum Gasteiger partial charge on any atom is -0.475 e. The summed E-state index contributed by atoms with van der Waals surface area (Å²) < 4.78 is 69.4. The number of nitrogens with zero attached hydrogens (tertiary/aromatic N) is 4. The summed E-state index contributed by atoms with van der Waals surface area (Å²) in [5.41, 5.74) is 1.25. The second-order valence-electron chi connectivity index (χ2n) is 9.92. The molecule has 2 aromatic rings. The number of halogens is 4. The highest BCUT2D eigenvalue weighted by molar-refractivity contribution is 7.90. The number of likely N-dealkylation sites (tertiary alicyclic amines) is 1. The van der Waals surface area contributed by atoms with Gasteiger partial charge in [0.05, 0.1) is 10.6 Å². The minimum atomic E-state index is -5.08. The van der Waals surface area contributed by atoms with Crippen LogP contribution >= 0.6 is 0 Å². The lowest BCUT2D eigenvalue weighted by molar-refractivity contribution is -0.192. The van der Waals surface area contributed by atoms with Gasteiger partial charge in [-0.05, 0) is 48.9 Å². The van der Waals surface area contributed by atoms with Gasteiger partial charge in [-0.1, -0.05) is 13.8 Å². The van der Waals surface area contributed by atoms with Gasteiger partial charge < -0.3 is 20.2 Å². The molecule has 0 aliphatic carbocycles. The van der Waals surface area contributed by atoms with Gasteiger partial charge in [0, 0.05) is 44.3 Å². The lowest BCUT2D eigenvalue weighted by atomic mass is 10.0. The average Bonchev–Trinajstić information content (AvgIpc) is 3.24. The molecular weight excluding hydrogens is 558 g/mol. The van der Waals surface area contributed by atoms with E-state index in [4.69, 9.17) is 9.90 Å². The predicted molar refractivity (Wildman–Crippen MR) is 138 cm³/mol. The highest BCUT2D eigenvalue weighted by Gasteiger charge is 2.39. The molecule has 0 unspecified atom stereocenters. The zero-order valence-electron chi connectivity index (χ0n) is 22.2. The maximum absolute atomic E-state index is 14.4. The van der Waals surface area contributed by atoms with Crippen molar-refractivity contribution in [2.45, 2.75) is 62.2 Å². The molecule has 0 bridgehead atoms. The van der Waals surface area contributed by atoms with Crippen molar-refractivity contribution in [3.05, 3.63) is 42.0 Å². The first-order chi connectivity index (χ1) is 18.6. The Morgan fingerprint density at radius 1 is 1.10 bits per heavy atom. The second-order valence-corrected chi connectivity index (χ2v) is 11.9. The van der Waals surface area contributed by atoms with Gasteiger partial charge in [0.15, 0.2) is 9.84 Å². The van der Waals surface area contributed by atoms with Crippen LogP contribution in [0.1, 0.15) is 44.6 Å². The number of piperidine rings is 1. The van der Waals surface area contributed by atoms with E-state index in [0.717, 1.165) is 49.8 Å². The number of nitrogens with one attached hydrogen (secondary N) is 1. The number of alkyl halides is 3. The molecule has 0 radical (unpaired) electrons. The van der Waals surface area contributed by atoms with Crippen LogP contribution in [0.3, 0.4) is 0 Å². The molecule has 15 heteroatoms. The van der Waals surface area contributed by atoms with E-state index in [1.807, 2.05) is 17.3 Å². The summed E-state index contributed by atoms with van der Waals surface area (Å²) in [6, 6.07) is 3.33. The molecule has 2 saturated heterocycles. The average molecular weight is 590 g/mol. The quantitative estimate of drug-likeness (QED) is 0.486. The summed E-state index contributed by atoms with van der Waals surface area (Å²) in [7, 11) is -3.49. The Morgan fingerprint density at radius 2 is 1.68 bits per heavy atom. The van der Waals surface area contributed by atoms with E-state index in [-0.39, 0.29) is 22.5 Å². The number of aliphatic carboxylic acids is 1. The zero-order chi connectivity index (χ0) is 29.8. The van der Waals surface area contributed by atoms with Gasteiger partial charge in [-0.3, -0.25) is 4.79 Å². The van der Waals surface area contributed by atoms with Crippen molar-refractivity contribution in [3.63, 3.8) is 0 Å². The molecule has 1 aromatic carbocycles. The zero-order valence-corrected chi connectivity index (χ0v) is 23.0. The molecule has 1 aromatic heterocycles. The van der Waals surface area contributed by atoms with E-state index >= 15 is 0 Å². The number of carbonyl (C=O) groups excluding carboxylic acids is 1. The Hall–Kier alpha value is -3.49. The molecule has 2 aliphatic rings. The third-order valence-electron chi connectivity index (χ3n) is 6.69. The molecule has 2 N–H and O–H groups in total. The van der Waals surface area contributed by atoms with Gasteiger partial charge in [0.25, 0.3) is 0 Å². The number of carboxylic acids is 1. The van der Waals surface area contributed by atoms with E-state index in [1.54, 1.807) is 0 Å². The van der Waals surface area contributed by atoms with Crippen LogP contribution < -0.4 is 10.2 Å². The number of benzene rings is 1. The van der Waals surface area contributed by atoms with Gasteiger partial charge >= 0.3 is 12.1 Å². The van der Waals surface area contributed by atoms with Gasteiger partial charge in [0.1, 0.15) is 11.9 Å². The summed E-state index contributed by atoms with van der Waals surface area (Å²) in [6.45, 7) is 6.38. The summed E-state index contributed by atoms with van der Waals surface area (Å²) in [4.78, 5) is 34.9. The molecule has 1 atom stereocenters. The number of amides is 1. The van der Waals surface area contributed by atoms with Crippen molar-refractivity contribution in [2.75, 3.05) is 36.1 Å². The Bertz CT molecular complexity index is 1310. The highest BCUT2D eigenvalue weighted by Crippen LogP contribution is 2.27. The SMILES string of the molecule is CC(C)c1cnc(N2CCC(N3CC[C@H](Nc4ccc(S(C)(=O)=O)cc4F)C3=O)CC2)nc1.O=C(O)C(F)(F)F. The monoisotopic (exact) mass is 589 g/mol. The Kier molecular flexibility index (Phi) is 9.59. The molecule has 2 aliphatic heterocycles. The number of anilines is 2. The van der Waals surface area contributed by atoms with Crippen LogP contribution in [0.2, 0.25) is 0 Å². The third-order valence-corrected chi connectivity index (χ3v) is 7.80. The number of hydrogen-bond donors (Lipinski definition) is 2. The number of rotatable bonds is 6. The summed E-state index contributed by atoms with van der Waals surface area (Å²) >= 11 is 0. The molecule has 1 amide bonds. The first kappa shape index (κ1) is 31.0. The lowest BCUT2D eigenvalue weighted by Crippen LogP contribution is -2.47. The maximum Gasteiger partial charge on any atom is 0.490 e. The second kappa shape index (κ2) is 12.4. The normalized spacial score (nSPS) is 18.5. The minimum absolute atomic E-state index is 0.0439. The molecule has 0 spiro atoms. The van der Waals surface area contributed by atoms with Crippen LogP contribution in [0.5, 0.6) is 0 Å². The van der Waals surface area contributed by atoms with Crippen molar-refractivity contribution < 1.29 is 40.7 Å². The molecule has 2 fully saturated rings. The molecule has 4 rings (SSSR count). The van der Waals surface area contributed by atoms with Crippen LogP contribution in [-0.4, -0.2) is 84.4 Å². The molecule has 0 saturated carbocycles. The van der Waals surface area contributed by atoms with Crippen LogP contribution in [0, 0.1) is 5.82 Å². The Morgan fingerprint density at radius 3 is 2.15 bits per heavy atom. The standard InChI is InChI=1S/C23H30FN5O3S.C2HF3O2/c1-15(2)16-13-25-23(26-14-16)28-9-6-17(7-10-28)29-11-8-21(22(29)30)27-20-5-4-18(12-19(20)24)33(3,31)32;3-2(4,5)1(6)7/h4-5,12-15,17,21,27H,6-11H2,1-3H3;(H,6,7)/t21-;/m0./s1. The van der Waals surface area contributed by atoms with Crippen molar-refractivity contribution in [3.8, 4) is 0 Å². The van der Waals surface area contributed by atoms with Crippen LogP contribution in [-0.2, 0) is 19.4 Å². The first-order valence-electron chi connectivity index (χ1n) is 12.5. The van der Waals surface area contributed by atoms with Crippen molar-refractivity contribution in [1.29, 1.82) is 0 Å². The summed E-state index contributed by atoms with van der Waals surface area (Å²) in [5, 5.41) is 10.1. The number of sulfone groups is 1.